The summed E-state index contributed by atoms with van der Waals surface area (Å²) in [5.41, 5.74) is 1.57. The van der Waals surface area contributed by atoms with Gasteiger partial charge in [-0.25, -0.2) is 0 Å². The smallest absolute Gasteiger partial charge is 0.405 e. The fourth-order valence-corrected chi connectivity index (χ4v) is 2.52. The van der Waals surface area contributed by atoms with Crippen molar-refractivity contribution in [3.8, 4) is 5.75 Å². The molecule has 1 aromatic heterocycles. The first-order chi connectivity index (χ1) is 11.4. The summed E-state index contributed by atoms with van der Waals surface area (Å²) in [4.78, 5) is 3.95. The molecule has 1 aliphatic rings. The van der Waals surface area contributed by atoms with Crippen molar-refractivity contribution in [2.24, 2.45) is 5.92 Å². The number of aromatic nitrogens is 1. The summed E-state index contributed by atoms with van der Waals surface area (Å²) < 4.78 is 43.3. The van der Waals surface area contributed by atoms with Gasteiger partial charge in [-0.2, -0.15) is 13.2 Å². The number of nitrogens with zero attached hydrogens (tertiary/aromatic N) is 1. The Morgan fingerprint density at radius 2 is 2.08 bits per heavy atom. The summed E-state index contributed by atoms with van der Waals surface area (Å²) in [5.74, 6) is 1.39. The normalized spacial score (nSPS) is 22.2. The molecule has 0 spiro atoms. The highest BCUT2D eigenvalue weighted by molar-refractivity contribution is 5.25. The second kappa shape index (κ2) is 8.04. The van der Waals surface area contributed by atoms with E-state index in [9.17, 15) is 13.2 Å². The largest absolute Gasteiger partial charge is 0.462 e. The zero-order chi connectivity index (χ0) is 17.6. The highest BCUT2D eigenvalue weighted by Crippen LogP contribution is 2.28. The summed E-state index contributed by atoms with van der Waals surface area (Å²) in [6.45, 7) is 4.65. The van der Waals surface area contributed by atoms with Gasteiger partial charge >= 0.3 is 6.18 Å². The molecule has 1 aliphatic carbocycles. The molecule has 1 N–H and O–H groups in total. The van der Waals surface area contributed by atoms with E-state index in [1.807, 2.05) is 6.92 Å². The number of alkyl halides is 3. The Labute approximate surface area is 139 Å². The quantitative estimate of drug-likeness (QED) is 0.786. The van der Waals surface area contributed by atoms with Crippen LogP contribution in [0.3, 0.4) is 0 Å². The van der Waals surface area contributed by atoms with Crippen LogP contribution in [0.4, 0.5) is 13.2 Å². The Bertz CT molecular complexity index is 621. The Balaban J connectivity index is 2.13. The van der Waals surface area contributed by atoms with Crippen molar-refractivity contribution in [1.82, 2.24) is 10.3 Å². The van der Waals surface area contributed by atoms with Crippen molar-refractivity contribution in [3.63, 3.8) is 0 Å². The minimum Gasteiger partial charge on any atom is -0.462 e. The van der Waals surface area contributed by atoms with Gasteiger partial charge in [-0.3, -0.25) is 4.98 Å². The lowest BCUT2D eigenvalue weighted by Crippen LogP contribution is -2.31. The first-order valence-corrected chi connectivity index (χ1v) is 7.79. The van der Waals surface area contributed by atoms with Crippen LogP contribution >= 0.6 is 0 Å². The van der Waals surface area contributed by atoms with E-state index in [1.165, 1.54) is 0 Å². The van der Waals surface area contributed by atoms with Gasteiger partial charge in [-0.1, -0.05) is 12.2 Å². The lowest BCUT2D eigenvalue weighted by Gasteiger charge is -2.24. The number of hydrogen-bond donors (Lipinski definition) is 1. The number of pyridine rings is 1. The Morgan fingerprint density at radius 1 is 1.38 bits per heavy atom. The van der Waals surface area contributed by atoms with E-state index >= 15 is 0 Å². The van der Waals surface area contributed by atoms with Gasteiger partial charge in [0.15, 0.2) is 0 Å². The van der Waals surface area contributed by atoms with Crippen molar-refractivity contribution >= 4 is 0 Å². The van der Waals surface area contributed by atoms with E-state index in [1.54, 1.807) is 36.7 Å². The zero-order valence-electron chi connectivity index (χ0n) is 13.6. The molecule has 24 heavy (non-hydrogen) atoms. The summed E-state index contributed by atoms with van der Waals surface area (Å²) >= 11 is 0. The third-order valence-electron chi connectivity index (χ3n) is 3.85. The molecule has 3 nitrogen and oxygen atoms in total. The molecule has 1 atom stereocenters. The predicted octanol–water partition coefficient (Wildman–Crippen LogP) is 4.76. The molecule has 0 fully saturated rings. The predicted molar refractivity (Wildman–Crippen MR) is 87.2 cm³/mol. The van der Waals surface area contributed by atoms with E-state index in [0.29, 0.717) is 30.7 Å². The average Bonchev–Trinajstić information content (AvgIpc) is 2.54. The third kappa shape index (κ3) is 5.44. The van der Waals surface area contributed by atoms with E-state index in [0.717, 1.165) is 11.3 Å². The number of hydrogen-bond acceptors (Lipinski definition) is 3. The molecular formula is C18H21F3N2O. The van der Waals surface area contributed by atoms with Crippen molar-refractivity contribution in [3.05, 3.63) is 60.3 Å². The fourth-order valence-electron chi connectivity index (χ4n) is 2.52. The molecule has 1 aromatic rings. The molecule has 1 unspecified atom stereocenters. The topological polar surface area (TPSA) is 34.1 Å². The van der Waals surface area contributed by atoms with Crippen LogP contribution in [0.5, 0.6) is 5.75 Å². The van der Waals surface area contributed by atoms with Gasteiger partial charge in [0.2, 0.25) is 0 Å². The molecule has 1 heterocycles. The number of ether oxygens (including phenoxy) is 1. The molecule has 0 amide bonds. The van der Waals surface area contributed by atoms with Crippen molar-refractivity contribution in [1.29, 1.82) is 0 Å². The highest BCUT2D eigenvalue weighted by Gasteiger charge is 2.28. The van der Waals surface area contributed by atoms with Gasteiger partial charge in [0, 0.05) is 30.4 Å². The van der Waals surface area contributed by atoms with Crippen LogP contribution in [0.2, 0.25) is 0 Å². The lowest BCUT2D eigenvalue weighted by atomic mass is 9.93. The zero-order valence-corrected chi connectivity index (χ0v) is 13.6. The summed E-state index contributed by atoms with van der Waals surface area (Å²) in [6.07, 6.45) is 4.34. The van der Waals surface area contributed by atoms with Crippen molar-refractivity contribution < 1.29 is 17.9 Å². The SMILES string of the molecule is C=CC1CC/C(Oc2ccncc2)=C(/C)CC=C1NCC(F)(F)F. The molecule has 0 aromatic carbocycles. The van der Waals surface area contributed by atoms with Crippen LogP contribution in [0.25, 0.3) is 0 Å². The van der Waals surface area contributed by atoms with Crippen LogP contribution in [0.15, 0.2) is 60.3 Å². The second-order valence-electron chi connectivity index (χ2n) is 5.70. The number of halogens is 3. The lowest BCUT2D eigenvalue weighted by molar-refractivity contribution is -0.123. The molecule has 6 heteroatoms. The minimum atomic E-state index is -4.24. The van der Waals surface area contributed by atoms with Gasteiger partial charge in [0.25, 0.3) is 0 Å². The number of nitrogens with one attached hydrogen (secondary N) is 1. The van der Waals surface area contributed by atoms with Crippen molar-refractivity contribution in [2.45, 2.75) is 32.4 Å². The van der Waals surface area contributed by atoms with Crippen LogP contribution in [-0.2, 0) is 0 Å². The molecule has 0 radical (unpaired) electrons. The molecular weight excluding hydrogens is 317 g/mol. The molecule has 0 aliphatic heterocycles. The first kappa shape index (κ1) is 18.1. The molecule has 0 saturated heterocycles. The third-order valence-corrected chi connectivity index (χ3v) is 3.85. The van der Waals surface area contributed by atoms with Gasteiger partial charge < -0.3 is 10.1 Å². The van der Waals surface area contributed by atoms with E-state index in [2.05, 4.69) is 16.9 Å². The summed E-state index contributed by atoms with van der Waals surface area (Å²) in [7, 11) is 0. The summed E-state index contributed by atoms with van der Waals surface area (Å²) in [6, 6.07) is 3.55. The van der Waals surface area contributed by atoms with Gasteiger partial charge in [-0.15, -0.1) is 6.58 Å². The Morgan fingerprint density at radius 3 is 2.71 bits per heavy atom. The van der Waals surface area contributed by atoms with E-state index < -0.39 is 12.7 Å². The Kier molecular flexibility index (Phi) is 6.06. The maximum Gasteiger partial charge on any atom is 0.405 e. The number of allylic oxidation sites excluding steroid dienone is 4. The van der Waals surface area contributed by atoms with Crippen LogP contribution in [-0.4, -0.2) is 17.7 Å². The maximum absolute atomic E-state index is 12.5. The molecule has 0 bridgehead atoms. The second-order valence-corrected chi connectivity index (χ2v) is 5.70. The Hall–Kier alpha value is -2.24. The molecule has 0 saturated carbocycles. The van der Waals surface area contributed by atoms with E-state index in [-0.39, 0.29) is 5.92 Å². The van der Waals surface area contributed by atoms with Crippen molar-refractivity contribution in [2.75, 3.05) is 6.54 Å². The van der Waals surface area contributed by atoms with Crippen LogP contribution in [0, 0.1) is 5.92 Å². The summed E-state index contributed by atoms with van der Waals surface area (Å²) in [5, 5.41) is 2.51. The maximum atomic E-state index is 12.5. The van der Waals surface area contributed by atoms with Gasteiger partial charge in [0.05, 0.1) is 0 Å². The number of rotatable bonds is 5. The minimum absolute atomic E-state index is 0.156. The average molecular weight is 338 g/mol. The fraction of sp³-hybridized carbons (Fsp3) is 0.389. The highest BCUT2D eigenvalue weighted by atomic mass is 19.4. The molecule has 130 valence electrons. The van der Waals surface area contributed by atoms with E-state index in [4.69, 9.17) is 4.74 Å². The molecule has 2 rings (SSSR count). The van der Waals surface area contributed by atoms with Crippen LogP contribution < -0.4 is 10.1 Å². The monoisotopic (exact) mass is 338 g/mol. The van der Waals surface area contributed by atoms with Gasteiger partial charge in [0.1, 0.15) is 18.1 Å². The first-order valence-electron chi connectivity index (χ1n) is 7.79. The van der Waals surface area contributed by atoms with Crippen LogP contribution in [0.1, 0.15) is 26.2 Å². The standard InChI is InChI=1S/C18H21F3N2O/c1-3-14-5-7-17(24-15-8-10-22-11-9-15)13(2)4-6-16(14)23-12-18(19,20)21/h3,6,8-11,14,23H,1,4-5,7,12H2,2H3/b16-6?,17-13+. The van der Waals surface area contributed by atoms with Gasteiger partial charge in [-0.05, 0) is 37.5 Å².